The minimum atomic E-state index is 0.142. The predicted molar refractivity (Wildman–Crippen MR) is 78.2 cm³/mol. The smallest absolute Gasteiger partial charge is 0.107 e. The quantitative estimate of drug-likeness (QED) is 0.932. The summed E-state index contributed by atoms with van der Waals surface area (Å²) in [5.41, 5.74) is 1.32. The van der Waals surface area contributed by atoms with Gasteiger partial charge in [0.05, 0.1) is 10.7 Å². The molecule has 1 N–H and O–H groups in total. The maximum atomic E-state index is 4.66. The standard InChI is InChI=1S/C13H19N3S2/c1-9-15-6-10(18-9)5-14-7-12-16-11(8-17-12)13(2,3)4/h6,8,14H,5,7H2,1-4H3. The molecule has 0 aromatic carbocycles. The summed E-state index contributed by atoms with van der Waals surface area (Å²) < 4.78 is 0. The van der Waals surface area contributed by atoms with Crippen LogP contribution in [0.25, 0.3) is 0 Å². The molecular weight excluding hydrogens is 262 g/mol. The summed E-state index contributed by atoms with van der Waals surface area (Å²) in [5.74, 6) is 0. The Morgan fingerprint density at radius 1 is 1.28 bits per heavy atom. The van der Waals surface area contributed by atoms with Crippen molar-refractivity contribution in [3.05, 3.63) is 32.2 Å². The second kappa shape index (κ2) is 5.47. The van der Waals surface area contributed by atoms with E-state index >= 15 is 0 Å². The van der Waals surface area contributed by atoms with Gasteiger partial charge in [0.25, 0.3) is 0 Å². The van der Waals surface area contributed by atoms with Gasteiger partial charge in [-0.25, -0.2) is 9.97 Å². The molecule has 0 saturated heterocycles. The molecule has 0 amide bonds. The van der Waals surface area contributed by atoms with Crippen molar-refractivity contribution in [1.29, 1.82) is 0 Å². The highest BCUT2D eigenvalue weighted by Gasteiger charge is 2.17. The summed E-state index contributed by atoms with van der Waals surface area (Å²) in [6, 6.07) is 0. The van der Waals surface area contributed by atoms with Crippen molar-refractivity contribution < 1.29 is 0 Å². The second-order valence-corrected chi connectivity index (χ2v) is 7.59. The molecule has 0 radical (unpaired) electrons. The Hall–Kier alpha value is -0.780. The Bertz CT molecular complexity index is 508. The van der Waals surface area contributed by atoms with E-state index in [0.717, 1.165) is 23.1 Å². The van der Waals surface area contributed by atoms with Crippen LogP contribution in [0.3, 0.4) is 0 Å². The SMILES string of the molecule is Cc1ncc(CNCc2nc(C(C)(C)C)cs2)s1. The van der Waals surface area contributed by atoms with Crippen LogP contribution in [-0.2, 0) is 18.5 Å². The first-order valence-electron chi connectivity index (χ1n) is 6.02. The van der Waals surface area contributed by atoms with Gasteiger partial charge in [-0.3, -0.25) is 0 Å². The zero-order valence-corrected chi connectivity index (χ0v) is 12.9. The van der Waals surface area contributed by atoms with Gasteiger partial charge in [-0.2, -0.15) is 0 Å². The van der Waals surface area contributed by atoms with E-state index in [1.165, 1.54) is 10.6 Å². The first-order chi connectivity index (χ1) is 8.45. The lowest BCUT2D eigenvalue weighted by Crippen LogP contribution is -2.14. The maximum Gasteiger partial charge on any atom is 0.107 e. The lowest BCUT2D eigenvalue weighted by atomic mass is 9.93. The highest BCUT2D eigenvalue weighted by molar-refractivity contribution is 7.11. The van der Waals surface area contributed by atoms with E-state index in [1.54, 1.807) is 22.7 Å². The Morgan fingerprint density at radius 2 is 2.06 bits per heavy atom. The lowest BCUT2D eigenvalue weighted by molar-refractivity contribution is 0.568. The molecule has 0 bridgehead atoms. The van der Waals surface area contributed by atoms with Crippen LogP contribution in [0.1, 0.15) is 41.4 Å². The second-order valence-electron chi connectivity index (χ2n) is 5.33. The zero-order chi connectivity index (χ0) is 13.2. The number of aryl methyl sites for hydroxylation is 1. The molecule has 0 aliphatic rings. The highest BCUT2D eigenvalue weighted by atomic mass is 32.1. The third-order valence-corrected chi connectivity index (χ3v) is 4.33. The van der Waals surface area contributed by atoms with Crippen molar-refractivity contribution in [1.82, 2.24) is 15.3 Å². The summed E-state index contributed by atoms with van der Waals surface area (Å²) in [5, 5.41) is 7.85. The van der Waals surface area contributed by atoms with Gasteiger partial charge in [0.1, 0.15) is 5.01 Å². The molecule has 18 heavy (non-hydrogen) atoms. The van der Waals surface area contributed by atoms with E-state index in [2.05, 4.69) is 41.4 Å². The van der Waals surface area contributed by atoms with Crippen LogP contribution in [-0.4, -0.2) is 9.97 Å². The summed E-state index contributed by atoms with van der Waals surface area (Å²) in [6.07, 6.45) is 1.94. The molecule has 98 valence electrons. The molecular formula is C13H19N3S2. The molecule has 2 rings (SSSR count). The van der Waals surface area contributed by atoms with Crippen molar-refractivity contribution in [2.45, 2.75) is 46.2 Å². The van der Waals surface area contributed by atoms with Gasteiger partial charge >= 0.3 is 0 Å². The molecule has 2 heterocycles. The van der Waals surface area contributed by atoms with E-state index < -0.39 is 0 Å². The Morgan fingerprint density at radius 3 is 2.61 bits per heavy atom. The van der Waals surface area contributed by atoms with Gasteiger partial charge in [-0.05, 0) is 6.92 Å². The van der Waals surface area contributed by atoms with Crippen LogP contribution < -0.4 is 5.32 Å². The molecule has 0 fully saturated rings. The van der Waals surface area contributed by atoms with Gasteiger partial charge in [0, 0.05) is 35.0 Å². The summed E-state index contributed by atoms with van der Waals surface area (Å²) >= 11 is 3.47. The van der Waals surface area contributed by atoms with Crippen molar-refractivity contribution in [2.75, 3.05) is 0 Å². The van der Waals surface area contributed by atoms with Crippen molar-refractivity contribution >= 4 is 22.7 Å². The Labute approximate surface area is 116 Å². The fraction of sp³-hybridized carbons (Fsp3) is 0.538. The highest BCUT2D eigenvalue weighted by Crippen LogP contribution is 2.23. The molecule has 0 aliphatic heterocycles. The average molecular weight is 281 g/mol. The summed E-state index contributed by atoms with van der Waals surface area (Å²) in [7, 11) is 0. The lowest BCUT2D eigenvalue weighted by Gasteiger charge is -2.14. The molecule has 0 unspecified atom stereocenters. The molecule has 0 spiro atoms. The normalized spacial score (nSPS) is 12.0. The van der Waals surface area contributed by atoms with Gasteiger partial charge in [0.2, 0.25) is 0 Å². The molecule has 2 aromatic rings. The first kappa shape index (κ1) is 13.6. The predicted octanol–water partition coefficient (Wildman–Crippen LogP) is 3.50. The van der Waals surface area contributed by atoms with Crippen LogP contribution >= 0.6 is 22.7 Å². The van der Waals surface area contributed by atoms with E-state index in [9.17, 15) is 0 Å². The molecule has 0 atom stereocenters. The van der Waals surface area contributed by atoms with Gasteiger partial charge in [-0.15, -0.1) is 22.7 Å². The van der Waals surface area contributed by atoms with E-state index in [1.807, 2.05) is 13.1 Å². The van der Waals surface area contributed by atoms with Gasteiger partial charge in [-0.1, -0.05) is 20.8 Å². The number of aromatic nitrogens is 2. The Kier molecular flexibility index (Phi) is 4.14. The van der Waals surface area contributed by atoms with Gasteiger partial charge < -0.3 is 5.32 Å². The van der Waals surface area contributed by atoms with Crippen molar-refractivity contribution in [3.8, 4) is 0 Å². The van der Waals surface area contributed by atoms with Crippen molar-refractivity contribution in [2.24, 2.45) is 0 Å². The van der Waals surface area contributed by atoms with E-state index in [0.29, 0.717) is 0 Å². The minimum Gasteiger partial charge on any atom is -0.305 e. The third kappa shape index (κ3) is 3.60. The fourth-order valence-electron chi connectivity index (χ4n) is 1.52. The Balaban J connectivity index is 1.85. The van der Waals surface area contributed by atoms with Crippen molar-refractivity contribution in [3.63, 3.8) is 0 Å². The number of nitrogens with zero attached hydrogens (tertiary/aromatic N) is 2. The monoisotopic (exact) mass is 281 g/mol. The van der Waals surface area contributed by atoms with Crippen LogP contribution in [0, 0.1) is 6.92 Å². The molecule has 2 aromatic heterocycles. The minimum absolute atomic E-state index is 0.142. The summed E-state index contributed by atoms with van der Waals surface area (Å²) in [6.45, 7) is 10.3. The number of hydrogen-bond acceptors (Lipinski definition) is 5. The molecule has 3 nitrogen and oxygen atoms in total. The molecule has 5 heteroatoms. The van der Waals surface area contributed by atoms with Crippen LogP contribution in [0.2, 0.25) is 0 Å². The van der Waals surface area contributed by atoms with Crippen LogP contribution in [0.5, 0.6) is 0 Å². The summed E-state index contributed by atoms with van der Waals surface area (Å²) in [4.78, 5) is 10.2. The third-order valence-electron chi connectivity index (χ3n) is 2.56. The van der Waals surface area contributed by atoms with E-state index in [-0.39, 0.29) is 5.41 Å². The van der Waals surface area contributed by atoms with E-state index in [4.69, 9.17) is 0 Å². The molecule has 0 saturated carbocycles. The number of nitrogens with one attached hydrogen (secondary N) is 1. The largest absolute Gasteiger partial charge is 0.305 e. The van der Waals surface area contributed by atoms with Gasteiger partial charge in [0.15, 0.2) is 0 Å². The number of thiazole rings is 2. The number of hydrogen-bond donors (Lipinski definition) is 1. The zero-order valence-electron chi connectivity index (χ0n) is 11.3. The van der Waals surface area contributed by atoms with Crippen LogP contribution in [0.4, 0.5) is 0 Å². The molecule has 0 aliphatic carbocycles. The topological polar surface area (TPSA) is 37.8 Å². The first-order valence-corrected chi connectivity index (χ1v) is 7.71. The average Bonchev–Trinajstić information content (AvgIpc) is 2.87. The fourth-order valence-corrected chi connectivity index (χ4v) is 3.27. The maximum absolute atomic E-state index is 4.66. The number of rotatable bonds is 4. The van der Waals surface area contributed by atoms with Crippen LogP contribution in [0.15, 0.2) is 11.6 Å².